The van der Waals surface area contributed by atoms with Crippen LogP contribution in [0.5, 0.6) is 5.75 Å². The summed E-state index contributed by atoms with van der Waals surface area (Å²) in [7, 11) is -3.94. The summed E-state index contributed by atoms with van der Waals surface area (Å²) >= 11 is 0. The van der Waals surface area contributed by atoms with Crippen molar-refractivity contribution in [2.24, 2.45) is 0 Å². The second-order valence-corrected chi connectivity index (χ2v) is 10.3. The van der Waals surface area contributed by atoms with Crippen LogP contribution in [0.2, 0.25) is 0 Å². The molecule has 34 heavy (non-hydrogen) atoms. The van der Waals surface area contributed by atoms with E-state index in [-0.39, 0.29) is 23.5 Å². The van der Waals surface area contributed by atoms with Crippen molar-refractivity contribution in [2.45, 2.75) is 45.7 Å². The summed E-state index contributed by atoms with van der Waals surface area (Å²) in [4.78, 5) is 16.0. The van der Waals surface area contributed by atoms with E-state index in [2.05, 4.69) is 4.98 Å². The van der Waals surface area contributed by atoms with Crippen LogP contribution in [0.25, 0.3) is 10.9 Å². The Hall–Kier alpha value is -3.36. The Morgan fingerprint density at radius 3 is 2.38 bits per heavy atom. The maximum absolute atomic E-state index is 13.9. The predicted octanol–water partition coefficient (Wildman–Crippen LogP) is 4.84. The summed E-state index contributed by atoms with van der Waals surface area (Å²) in [5.41, 5.74) is 2.96. The fraction of sp³-hybridized carbons (Fsp3) is 0.269. The number of pyridine rings is 1. The van der Waals surface area contributed by atoms with Crippen molar-refractivity contribution < 1.29 is 17.6 Å². The quantitative estimate of drug-likeness (QED) is 0.390. The molecule has 7 nitrogen and oxygen atoms in total. The first-order valence-corrected chi connectivity index (χ1v) is 12.5. The van der Waals surface area contributed by atoms with Crippen molar-refractivity contribution in [1.82, 2.24) is 9.29 Å². The monoisotopic (exact) mass is 480 g/mol. The number of furan rings is 1. The van der Waals surface area contributed by atoms with Gasteiger partial charge < -0.3 is 14.1 Å². The molecular formula is C26H28N2O5S. The number of aryl methyl sites for hydroxylation is 3. The van der Waals surface area contributed by atoms with Gasteiger partial charge in [0.25, 0.3) is 5.56 Å². The zero-order valence-corrected chi connectivity index (χ0v) is 20.5. The highest BCUT2D eigenvalue weighted by Gasteiger charge is 2.30. The van der Waals surface area contributed by atoms with Crippen LogP contribution in [0, 0.1) is 20.8 Å². The van der Waals surface area contributed by atoms with E-state index < -0.39 is 10.0 Å². The second-order valence-electron chi connectivity index (χ2n) is 8.39. The number of sulfonamides is 1. The number of fused-ring (bicyclic) bond motifs is 1. The zero-order chi connectivity index (χ0) is 24.5. The van der Waals surface area contributed by atoms with Gasteiger partial charge in [-0.3, -0.25) is 4.79 Å². The van der Waals surface area contributed by atoms with Crippen LogP contribution in [0.3, 0.4) is 0 Å². The Bertz CT molecular complexity index is 1460. The smallest absolute Gasteiger partial charge is 0.252 e. The predicted molar refractivity (Wildman–Crippen MR) is 132 cm³/mol. The molecule has 0 aliphatic rings. The topological polar surface area (TPSA) is 92.6 Å². The molecule has 8 heteroatoms. The highest BCUT2D eigenvalue weighted by Crippen LogP contribution is 2.28. The summed E-state index contributed by atoms with van der Waals surface area (Å²) in [5, 5.41) is 0.763. The molecular weight excluding hydrogens is 452 g/mol. The molecule has 1 N–H and O–H groups in total. The van der Waals surface area contributed by atoms with Gasteiger partial charge in [0.15, 0.2) is 0 Å². The lowest BCUT2D eigenvalue weighted by Crippen LogP contribution is -2.33. The molecule has 2 aromatic carbocycles. The van der Waals surface area contributed by atoms with Gasteiger partial charge in [-0.25, -0.2) is 8.42 Å². The molecule has 4 rings (SSSR count). The van der Waals surface area contributed by atoms with E-state index in [0.29, 0.717) is 40.3 Å². The van der Waals surface area contributed by atoms with E-state index in [4.69, 9.17) is 9.15 Å². The first kappa shape index (κ1) is 23.8. The number of hydrogen-bond acceptors (Lipinski definition) is 5. The SMILES string of the molecule is CCOc1ccc2[nH]c(=O)c(CN(Cc3ccco3)S(=O)(=O)c3c(C)cc(C)cc3C)cc2c1. The molecule has 2 aromatic heterocycles. The first-order chi connectivity index (χ1) is 16.2. The van der Waals surface area contributed by atoms with Crippen molar-refractivity contribution >= 4 is 20.9 Å². The van der Waals surface area contributed by atoms with Crippen molar-refractivity contribution in [2.75, 3.05) is 6.61 Å². The average Bonchev–Trinajstić information content (AvgIpc) is 3.26. The number of rotatable bonds is 8. The van der Waals surface area contributed by atoms with Gasteiger partial charge >= 0.3 is 0 Å². The van der Waals surface area contributed by atoms with Crippen molar-refractivity contribution in [3.05, 3.63) is 93.2 Å². The zero-order valence-electron chi connectivity index (χ0n) is 19.7. The van der Waals surface area contributed by atoms with Crippen LogP contribution in [0.15, 0.2) is 68.9 Å². The first-order valence-electron chi connectivity index (χ1n) is 11.1. The lowest BCUT2D eigenvalue weighted by molar-refractivity contribution is 0.340. The summed E-state index contributed by atoms with van der Waals surface area (Å²) in [6.45, 7) is 7.81. The minimum Gasteiger partial charge on any atom is -0.494 e. The highest BCUT2D eigenvalue weighted by molar-refractivity contribution is 7.89. The van der Waals surface area contributed by atoms with Crippen LogP contribution in [0.1, 0.15) is 34.9 Å². The molecule has 0 saturated carbocycles. The van der Waals surface area contributed by atoms with Gasteiger partial charge in [-0.15, -0.1) is 0 Å². The molecule has 0 unspecified atom stereocenters. The Morgan fingerprint density at radius 2 is 1.74 bits per heavy atom. The lowest BCUT2D eigenvalue weighted by Gasteiger charge is -2.24. The van der Waals surface area contributed by atoms with Gasteiger partial charge in [0, 0.05) is 23.0 Å². The van der Waals surface area contributed by atoms with Gasteiger partial charge in [0.2, 0.25) is 10.0 Å². The molecule has 0 atom stereocenters. The molecule has 178 valence electrons. The number of ether oxygens (including phenoxy) is 1. The summed E-state index contributed by atoms with van der Waals surface area (Å²) in [5.74, 6) is 1.17. The molecule has 0 bridgehead atoms. The number of H-pyrrole nitrogens is 1. The molecule has 0 aliphatic heterocycles. The maximum Gasteiger partial charge on any atom is 0.252 e. The number of benzene rings is 2. The van der Waals surface area contributed by atoms with Crippen molar-refractivity contribution in [1.29, 1.82) is 0 Å². The molecule has 2 heterocycles. The lowest BCUT2D eigenvalue weighted by atomic mass is 10.1. The van der Waals surface area contributed by atoms with Gasteiger partial charge in [0.1, 0.15) is 11.5 Å². The second kappa shape index (κ2) is 9.48. The fourth-order valence-corrected chi connectivity index (χ4v) is 6.09. The van der Waals surface area contributed by atoms with Crippen molar-refractivity contribution in [3.63, 3.8) is 0 Å². The molecule has 0 amide bonds. The molecule has 0 aliphatic carbocycles. The molecule has 4 aromatic rings. The van der Waals surface area contributed by atoms with Gasteiger partial charge in [0.05, 0.1) is 24.3 Å². The maximum atomic E-state index is 13.9. The normalized spacial score (nSPS) is 11.9. The van der Waals surface area contributed by atoms with Crippen LogP contribution in [0.4, 0.5) is 0 Å². The van der Waals surface area contributed by atoms with Gasteiger partial charge in [-0.05, 0) is 75.2 Å². The van der Waals surface area contributed by atoms with Gasteiger partial charge in [-0.1, -0.05) is 17.7 Å². The number of hydrogen-bond donors (Lipinski definition) is 1. The Morgan fingerprint density at radius 1 is 1.00 bits per heavy atom. The van der Waals surface area contributed by atoms with Crippen LogP contribution in [-0.4, -0.2) is 24.3 Å². The largest absolute Gasteiger partial charge is 0.494 e. The Labute approximate surface area is 199 Å². The molecule has 0 fully saturated rings. The number of nitrogens with one attached hydrogen (secondary N) is 1. The third-order valence-corrected chi connectivity index (χ3v) is 7.76. The van der Waals surface area contributed by atoms with Crippen LogP contribution >= 0.6 is 0 Å². The van der Waals surface area contributed by atoms with E-state index in [1.807, 2.05) is 32.0 Å². The van der Waals surface area contributed by atoms with Crippen LogP contribution in [-0.2, 0) is 23.1 Å². The summed E-state index contributed by atoms with van der Waals surface area (Å²) in [6, 6.07) is 14.2. The Kier molecular flexibility index (Phi) is 6.63. The van der Waals surface area contributed by atoms with E-state index >= 15 is 0 Å². The van der Waals surface area contributed by atoms with Crippen molar-refractivity contribution in [3.8, 4) is 5.75 Å². The Balaban J connectivity index is 1.80. The average molecular weight is 481 g/mol. The van der Waals surface area contributed by atoms with Gasteiger partial charge in [-0.2, -0.15) is 4.31 Å². The third kappa shape index (κ3) is 4.78. The van der Waals surface area contributed by atoms with E-state index in [0.717, 1.165) is 10.9 Å². The minimum atomic E-state index is -3.94. The minimum absolute atomic E-state index is 0.00144. The molecule has 0 spiro atoms. The van der Waals surface area contributed by atoms with E-state index in [1.54, 1.807) is 44.2 Å². The van der Waals surface area contributed by atoms with Crippen LogP contribution < -0.4 is 10.3 Å². The number of nitrogens with zero attached hydrogens (tertiary/aromatic N) is 1. The van der Waals surface area contributed by atoms with E-state index in [9.17, 15) is 13.2 Å². The summed E-state index contributed by atoms with van der Waals surface area (Å²) < 4.78 is 40.1. The summed E-state index contributed by atoms with van der Waals surface area (Å²) in [6.07, 6.45) is 1.50. The van der Waals surface area contributed by atoms with E-state index in [1.165, 1.54) is 10.6 Å². The molecule has 0 saturated heterocycles. The number of aromatic nitrogens is 1. The number of aromatic amines is 1. The standard InChI is InChI=1S/C26H28N2O5S/c1-5-32-22-8-9-24-20(14-22)13-21(26(29)27-24)15-28(16-23-7-6-10-33-23)34(30,31)25-18(3)11-17(2)12-19(25)4/h6-14H,5,15-16H2,1-4H3,(H,27,29). The fourth-order valence-electron chi connectivity index (χ4n) is 4.30. The third-order valence-electron chi connectivity index (χ3n) is 5.67. The molecule has 0 radical (unpaired) electrons. The highest BCUT2D eigenvalue weighted by atomic mass is 32.2.